The number of sulfonamides is 1. The Morgan fingerprint density at radius 3 is 2.55 bits per heavy atom. The van der Waals surface area contributed by atoms with Crippen molar-refractivity contribution in [1.29, 1.82) is 0 Å². The van der Waals surface area contributed by atoms with E-state index in [1.54, 1.807) is 31.0 Å². The van der Waals surface area contributed by atoms with Gasteiger partial charge in [0.1, 0.15) is 0 Å². The smallest absolute Gasteiger partial charge is 0.240 e. The molecule has 0 radical (unpaired) electrons. The molecule has 1 rings (SSSR count). The molecule has 22 heavy (non-hydrogen) atoms. The molecule has 0 aliphatic carbocycles. The Morgan fingerprint density at radius 2 is 1.95 bits per heavy atom. The molecule has 1 aromatic carbocycles. The summed E-state index contributed by atoms with van der Waals surface area (Å²) in [4.78, 5) is 13.9. The Bertz CT molecular complexity index is 626. The first-order chi connectivity index (χ1) is 10.2. The van der Waals surface area contributed by atoms with E-state index in [-0.39, 0.29) is 29.8 Å². The van der Waals surface area contributed by atoms with Crippen LogP contribution in [0.2, 0.25) is 0 Å². The largest absolute Gasteiger partial charge is 0.343 e. The van der Waals surface area contributed by atoms with Gasteiger partial charge < -0.3 is 4.90 Å². The summed E-state index contributed by atoms with van der Waals surface area (Å²) in [5.74, 6) is -0.0574. The van der Waals surface area contributed by atoms with Crippen LogP contribution < -0.4 is 4.72 Å². The van der Waals surface area contributed by atoms with Crippen LogP contribution >= 0.6 is 0 Å². The van der Waals surface area contributed by atoms with Gasteiger partial charge in [-0.15, -0.1) is 0 Å². The number of carbonyl (C=O) groups is 1. The highest BCUT2D eigenvalue weighted by molar-refractivity contribution is 7.89. The molecule has 6 heteroatoms. The fraction of sp³-hybridized carbons (Fsp3) is 0.562. The lowest BCUT2D eigenvalue weighted by molar-refractivity contribution is -0.131. The SMILES string of the molecule is CCC(C)N(C)C(=O)CCNS(=O)(=O)c1cc(C)ccc1C. The molecule has 0 fully saturated rings. The molecule has 0 aromatic heterocycles. The van der Waals surface area contributed by atoms with E-state index in [2.05, 4.69) is 4.72 Å². The van der Waals surface area contributed by atoms with Gasteiger partial charge in [0.2, 0.25) is 15.9 Å². The quantitative estimate of drug-likeness (QED) is 0.835. The van der Waals surface area contributed by atoms with E-state index in [0.717, 1.165) is 12.0 Å². The molecule has 1 N–H and O–H groups in total. The van der Waals surface area contributed by atoms with Crippen LogP contribution in [0, 0.1) is 13.8 Å². The number of amides is 1. The molecule has 124 valence electrons. The van der Waals surface area contributed by atoms with Crippen molar-refractivity contribution in [3.8, 4) is 0 Å². The molecule has 0 spiro atoms. The predicted molar refractivity (Wildman–Crippen MR) is 88.2 cm³/mol. The number of carbonyl (C=O) groups excluding carboxylic acids is 1. The number of aryl methyl sites for hydroxylation is 2. The number of hydrogen-bond donors (Lipinski definition) is 1. The average Bonchev–Trinajstić information content (AvgIpc) is 2.47. The van der Waals surface area contributed by atoms with Crippen molar-refractivity contribution >= 4 is 15.9 Å². The second-order valence-corrected chi connectivity index (χ2v) is 7.41. The van der Waals surface area contributed by atoms with Crippen molar-refractivity contribution in [3.05, 3.63) is 29.3 Å². The number of nitrogens with zero attached hydrogens (tertiary/aromatic N) is 1. The van der Waals surface area contributed by atoms with E-state index in [0.29, 0.717) is 5.56 Å². The topological polar surface area (TPSA) is 66.5 Å². The minimum absolute atomic E-state index is 0.0574. The minimum atomic E-state index is -3.58. The average molecular weight is 326 g/mol. The molecule has 0 bridgehead atoms. The maximum absolute atomic E-state index is 12.3. The zero-order valence-electron chi connectivity index (χ0n) is 14.0. The van der Waals surface area contributed by atoms with Crippen molar-refractivity contribution in [2.45, 2.75) is 51.5 Å². The molecule has 1 aromatic rings. The normalized spacial score (nSPS) is 13.0. The summed E-state index contributed by atoms with van der Waals surface area (Å²) in [6, 6.07) is 5.46. The van der Waals surface area contributed by atoms with E-state index in [1.807, 2.05) is 26.8 Å². The van der Waals surface area contributed by atoms with Gasteiger partial charge in [0.25, 0.3) is 0 Å². The van der Waals surface area contributed by atoms with Crippen molar-refractivity contribution in [2.24, 2.45) is 0 Å². The molecule has 0 aliphatic heterocycles. The van der Waals surface area contributed by atoms with Crippen LogP contribution in [0.15, 0.2) is 23.1 Å². The second kappa shape index (κ2) is 7.74. The summed E-state index contributed by atoms with van der Waals surface area (Å²) in [6.45, 7) is 7.70. The van der Waals surface area contributed by atoms with Crippen LogP contribution in [0.4, 0.5) is 0 Å². The monoisotopic (exact) mass is 326 g/mol. The molecule has 0 saturated carbocycles. The predicted octanol–water partition coefficient (Wildman–Crippen LogP) is 2.23. The lowest BCUT2D eigenvalue weighted by atomic mass is 10.2. The first kappa shape index (κ1) is 18.6. The van der Waals surface area contributed by atoms with Gasteiger partial charge in [0, 0.05) is 26.1 Å². The lowest BCUT2D eigenvalue weighted by Gasteiger charge is -2.23. The number of benzene rings is 1. The number of nitrogens with one attached hydrogen (secondary N) is 1. The van der Waals surface area contributed by atoms with Crippen LogP contribution in [0.5, 0.6) is 0 Å². The molecule has 0 aliphatic rings. The molecule has 1 unspecified atom stereocenters. The molecule has 5 nitrogen and oxygen atoms in total. The van der Waals surface area contributed by atoms with E-state index < -0.39 is 10.0 Å². The fourth-order valence-electron chi connectivity index (χ4n) is 2.06. The lowest BCUT2D eigenvalue weighted by Crippen LogP contribution is -2.37. The Labute approximate surface area is 133 Å². The summed E-state index contributed by atoms with van der Waals surface area (Å²) in [5.41, 5.74) is 1.58. The Hall–Kier alpha value is -1.40. The van der Waals surface area contributed by atoms with Gasteiger partial charge in [-0.05, 0) is 44.4 Å². The third kappa shape index (κ3) is 4.81. The van der Waals surface area contributed by atoms with Crippen LogP contribution in [0.25, 0.3) is 0 Å². The first-order valence-corrected chi connectivity index (χ1v) is 9.00. The zero-order valence-corrected chi connectivity index (χ0v) is 14.8. The van der Waals surface area contributed by atoms with Gasteiger partial charge in [-0.3, -0.25) is 4.79 Å². The summed E-state index contributed by atoms with van der Waals surface area (Å²) in [6.07, 6.45) is 1.03. The van der Waals surface area contributed by atoms with E-state index >= 15 is 0 Å². The maximum atomic E-state index is 12.3. The third-order valence-corrected chi connectivity index (χ3v) is 5.51. The van der Waals surface area contributed by atoms with Gasteiger partial charge in [-0.2, -0.15) is 0 Å². The summed E-state index contributed by atoms with van der Waals surface area (Å²) in [5, 5.41) is 0. The van der Waals surface area contributed by atoms with Gasteiger partial charge in [0.05, 0.1) is 4.90 Å². The first-order valence-electron chi connectivity index (χ1n) is 7.51. The molecule has 0 saturated heterocycles. The molecule has 0 heterocycles. The standard InChI is InChI=1S/C16H26N2O3S/c1-6-14(4)18(5)16(19)9-10-17-22(20,21)15-11-12(2)7-8-13(15)3/h7-8,11,14,17H,6,9-10H2,1-5H3. The van der Waals surface area contributed by atoms with Gasteiger partial charge >= 0.3 is 0 Å². The van der Waals surface area contributed by atoms with Crippen molar-refractivity contribution in [1.82, 2.24) is 9.62 Å². The van der Waals surface area contributed by atoms with Crippen LogP contribution in [-0.4, -0.2) is 38.9 Å². The zero-order chi connectivity index (χ0) is 16.9. The van der Waals surface area contributed by atoms with Crippen LogP contribution in [0.3, 0.4) is 0 Å². The highest BCUT2D eigenvalue weighted by atomic mass is 32.2. The summed E-state index contributed by atoms with van der Waals surface area (Å²) >= 11 is 0. The highest BCUT2D eigenvalue weighted by Gasteiger charge is 2.18. The number of rotatable bonds is 7. The van der Waals surface area contributed by atoms with E-state index in [9.17, 15) is 13.2 Å². The summed E-state index contributed by atoms with van der Waals surface area (Å²) in [7, 11) is -1.84. The van der Waals surface area contributed by atoms with Gasteiger partial charge in [0.15, 0.2) is 0 Å². The van der Waals surface area contributed by atoms with Crippen LogP contribution in [-0.2, 0) is 14.8 Å². The second-order valence-electron chi connectivity index (χ2n) is 5.68. The fourth-order valence-corrected chi connectivity index (χ4v) is 3.42. The highest BCUT2D eigenvalue weighted by Crippen LogP contribution is 2.16. The molecular weight excluding hydrogens is 300 g/mol. The third-order valence-electron chi connectivity index (χ3n) is 3.91. The number of hydrogen-bond acceptors (Lipinski definition) is 3. The minimum Gasteiger partial charge on any atom is -0.343 e. The summed E-state index contributed by atoms with van der Waals surface area (Å²) < 4.78 is 27.1. The van der Waals surface area contributed by atoms with Crippen LogP contribution in [0.1, 0.15) is 37.8 Å². The van der Waals surface area contributed by atoms with Gasteiger partial charge in [-0.25, -0.2) is 13.1 Å². The van der Waals surface area contributed by atoms with Crippen molar-refractivity contribution < 1.29 is 13.2 Å². The Kier molecular flexibility index (Phi) is 6.56. The van der Waals surface area contributed by atoms with E-state index in [4.69, 9.17) is 0 Å². The molecule has 1 atom stereocenters. The van der Waals surface area contributed by atoms with Crippen molar-refractivity contribution in [3.63, 3.8) is 0 Å². The van der Waals surface area contributed by atoms with Gasteiger partial charge in [-0.1, -0.05) is 19.1 Å². The maximum Gasteiger partial charge on any atom is 0.240 e. The molecular formula is C16H26N2O3S. The Morgan fingerprint density at radius 1 is 1.32 bits per heavy atom. The Balaban J connectivity index is 2.67. The van der Waals surface area contributed by atoms with E-state index in [1.165, 1.54) is 0 Å². The van der Waals surface area contributed by atoms with Crippen molar-refractivity contribution in [2.75, 3.05) is 13.6 Å². The molecule has 1 amide bonds.